The van der Waals surface area contributed by atoms with Gasteiger partial charge in [0.2, 0.25) is 11.8 Å². The molecule has 6 heteroatoms. The number of likely N-dealkylation sites (tertiary alicyclic amines) is 1. The van der Waals surface area contributed by atoms with Gasteiger partial charge in [-0.25, -0.2) is 4.98 Å². The van der Waals surface area contributed by atoms with Crippen LogP contribution in [0.3, 0.4) is 0 Å². The van der Waals surface area contributed by atoms with Gasteiger partial charge in [0, 0.05) is 25.2 Å². The third-order valence-electron chi connectivity index (χ3n) is 5.04. The highest BCUT2D eigenvalue weighted by Crippen LogP contribution is 2.28. The molecule has 0 spiro atoms. The van der Waals surface area contributed by atoms with E-state index in [4.69, 9.17) is 11.6 Å². The summed E-state index contributed by atoms with van der Waals surface area (Å²) in [6.07, 6.45) is 8.74. The zero-order valence-corrected chi connectivity index (χ0v) is 14.6. The molecule has 5 nitrogen and oxygen atoms in total. The van der Waals surface area contributed by atoms with Crippen LogP contribution in [0.25, 0.3) is 0 Å². The van der Waals surface area contributed by atoms with Gasteiger partial charge in [-0.15, -0.1) is 0 Å². The number of carbonyl (C=O) groups excluding carboxylic acids is 2. The Kier molecular flexibility index (Phi) is 5.72. The predicted molar refractivity (Wildman–Crippen MR) is 93.8 cm³/mol. The van der Waals surface area contributed by atoms with E-state index in [1.54, 1.807) is 12.1 Å². The molecular weight excluding hydrogens is 326 g/mol. The van der Waals surface area contributed by atoms with E-state index >= 15 is 0 Å². The summed E-state index contributed by atoms with van der Waals surface area (Å²) in [6.45, 7) is 1.30. The number of hydrogen-bond acceptors (Lipinski definition) is 3. The normalized spacial score (nSPS) is 22.2. The fourth-order valence-electron chi connectivity index (χ4n) is 3.68. The molecule has 1 aromatic rings. The maximum atomic E-state index is 12.7. The van der Waals surface area contributed by atoms with Gasteiger partial charge in [0.25, 0.3) is 0 Å². The number of carbonyl (C=O) groups is 2. The van der Waals surface area contributed by atoms with E-state index in [1.165, 1.54) is 12.6 Å². The number of amides is 2. The average Bonchev–Trinajstić information content (AvgIpc) is 2.64. The number of anilines is 1. The lowest BCUT2D eigenvalue weighted by Gasteiger charge is -2.35. The van der Waals surface area contributed by atoms with Crippen LogP contribution < -0.4 is 5.32 Å². The molecule has 1 aliphatic heterocycles. The molecule has 0 radical (unpaired) electrons. The molecule has 2 amide bonds. The number of hydrogen-bond donors (Lipinski definition) is 1. The summed E-state index contributed by atoms with van der Waals surface area (Å²) in [5, 5.41) is 3.37. The average molecular weight is 350 g/mol. The van der Waals surface area contributed by atoms with Gasteiger partial charge in [-0.3, -0.25) is 9.59 Å². The molecule has 130 valence electrons. The number of aromatic nitrogens is 1. The van der Waals surface area contributed by atoms with E-state index in [-0.39, 0.29) is 23.7 Å². The van der Waals surface area contributed by atoms with E-state index in [0.717, 1.165) is 45.1 Å². The van der Waals surface area contributed by atoms with Crippen molar-refractivity contribution in [2.45, 2.75) is 44.9 Å². The Labute approximate surface area is 147 Å². The van der Waals surface area contributed by atoms with Gasteiger partial charge in [-0.1, -0.05) is 30.9 Å². The first-order valence-electron chi connectivity index (χ1n) is 8.84. The first-order chi connectivity index (χ1) is 11.6. The van der Waals surface area contributed by atoms with E-state index < -0.39 is 0 Å². The molecule has 2 heterocycles. The molecule has 1 atom stereocenters. The predicted octanol–water partition coefficient (Wildman–Crippen LogP) is 3.49. The van der Waals surface area contributed by atoms with Crippen LogP contribution in [0.15, 0.2) is 18.3 Å². The minimum atomic E-state index is -0.163. The number of nitrogens with one attached hydrogen (secondary N) is 1. The monoisotopic (exact) mass is 349 g/mol. The van der Waals surface area contributed by atoms with E-state index in [1.807, 2.05) is 4.90 Å². The molecule has 1 aliphatic carbocycles. The first-order valence-corrected chi connectivity index (χ1v) is 9.22. The third kappa shape index (κ3) is 4.26. The molecule has 0 unspecified atom stereocenters. The number of nitrogens with zero attached hydrogens (tertiary/aromatic N) is 2. The van der Waals surface area contributed by atoms with Crippen molar-refractivity contribution < 1.29 is 9.59 Å². The topological polar surface area (TPSA) is 62.3 Å². The zero-order valence-electron chi connectivity index (χ0n) is 13.8. The summed E-state index contributed by atoms with van der Waals surface area (Å²) < 4.78 is 0. The maximum absolute atomic E-state index is 12.7. The van der Waals surface area contributed by atoms with Crippen LogP contribution in [0.4, 0.5) is 5.82 Å². The van der Waals surface area contributed by atoms with Crippen molar-refractivity contribution in [3.8, 4) is 0 Å². The second-order valence-electron chi connectivity index (χ2n) is 6.81. The van der Waals surface area contributed by atoms with Gasteiger partial charge in [0.1, 0.15) is 5.82 Å². The molecule has 1 saturated heterocycles. The fraction of sp³-hybridized carbons (Fsp3) is 0.611. The second-order valence-corrected chi connectivity index (χ2v) is 7.25. The summed E-state index contributed by atoms with van der Waals surface area (Å²) >= 11 is 5.81. The number of pyridine rings is 1. The van der Waals surface area contributed by atoms with Crippen LogP contribution in [0.5, 0.6) is 0 Å². The Balaban J connectivity index is 1.57. The minimum Gasteiger partial charge on any atom is -0.342 e. The number of piperidine rings is 1. The Morgan fingerprint density at radius 3 is 2.54 bits per heavy atom. The maximum Gasteiger partial charge on any atom is 0.230 e. The largest absolute Gasteiger partial charge is 0.342 e. The molecule has 24 heavy (non-hydrogen) atoms. The van der Waals surface area contributed by atoms with Crippen molar-refractivity contribution in [1.82, 2.24) is 9.88 Å². The van der Waals surface area contributed by atoms with Crippen molar-refractivity contribution in [2.75, 3.05) is 18.4 Å². The molecule has 0 bridgehead atoms. The Bertz CT molecular complexity index is 584. The van der Waals surface area contributed by atoms with Crippen LogP contribution in [-0.4, -0.2) is 34.8 Å². The van der Waals surface area contributed by atoms with Gasteiger partial charge >= 0.3 is 0 Å². The molecule has 1 aromatic heterocycles. The Hall–Kier alpha value is -1.62. The Morgan fingerprint density at radius 1 is 1.08 bits per heavy atom. The number of halogens is 1. The highest BCUT2D eigenvalue weighted by Gasteiger charge is 2.32. The quantitative estimate of drug-likeness (QED) is 0.908. The fourth-order valence-corrected chi connectivity index (χ4v) is 3.79. The van der Waals surface area contributed by atoms with Crippen molar-refractivity contribution in [3.63, 3.8) is 0 Å². The molecule has 3 rings (SSSR count). The standard InChI is InChI=1S/C18H24ClN3O2/c19-15-8-9-16(20-11-15)21-17(23)14-7-4-10-22(12-14)18(24)13-5-2-1-3-6-13/h8-9,11,13-14H,1-7,10,12H2,(H,20,21,23)/t14-/m1/s1. The van der Waals surface area contributed by atoms with Crippen LogP contribution in [0, 0.1) is 11.8 Å². The van der Waals surface area contributed by atoms with Crippen molar-refractivity contribution >= 4 is 29.2 Å². The highest BCUT2D eigenvalue weighted by atomic mass is 35.5. The SMILES string of the molecule is O=C(Nc1ccc(Cl)cn1)[C@@H]1CCCN(C(=O)C2CCCCC2)C1. The smallest absolute Gasteiger partial charge is 0.230 e. The van der Waals surface area contributed by atoms with Gasteiger partial charge in [-0.05, 0) is 37.8 Å². The van der Waals surface area contributed by atoms with Crippen molar-refractivity contribution in [1.29, 1.82) is 0 Å². The molecule has 1 saturated carbocycles. The van der Waals surface area contributed by atoms with Gasteiger partial charge in [0.05, 0.1) is 10.9 Å². The zero-order chi connectivity index (χ0) is 16.9. The van der Waals surface area contributed by atoms with Crippen LogP contribution in [0.2, 0.25) is 5.02 Å². The molecular formula is C18H24ClN3O2. The van der Waals surface area contributed by atoms with E-state index in [0.29, 0.717) is 17.4 Å². The lowest BCUT2D eigenvalue weighted by atomic mass is 9.87. The first kappa shape index (κ1) is 17.2. The van der Waals surface area contributed by atoms with Crippen molar-refractivity contribution in [2.24, 2.45) is 11.8 Å². The van der Waals surface area contributed by atoms with E-state index in [2.05, 4.69) is 10.3 Å². The Morgan fingerprint density at radius 2 is 1.83 bits per heavy atom. The summed E-state index contributed by atoms with van der Waals surface area (Å²) in [4.78, 5) is 31.2. The lowest BCUT2D eigenvalue weighted by molar-refractivity contribution is -0.139. The second kappa shape index (κ2) is 7.97. The van der Waals surface area contributed by atoms with Crippen LogP contribution in [-0.2, 0) is 9.59 Å². The van der Waals surface area contributed by atoms with E-state index in [9.17, 15) is 9.59 Å². The summed E-state index contributed by atoms with van der Waals surface area (Å²) in [5.74, 6) is 0.685. The molecule has 2 aliphatic rings. The van der Waals surface area contributed by atoms with Gasteiger partial charge in [0.15, 0.2) is 0 Å². The summed E-state index contributed by atoms with van der Waals surface area (Å²) in [6, 6.07) is 3.39. The third-order valence-corrected chi connectivity index (χ3v) is 5.26. The summed E-state index contributed by atoms with van der Waals surface area (Å²) in [7, 11) is 0. The minimum absolute atomic E-state index is 0.0639. The van der Waals surface area contributed by atoms with Crippen molar-refractivity contribution in [3.05, 3.63) is 23.4 Å². The lowest BCUT2D eigenvalue weighted by Crippen LogP contribution is -2.46. The van der Waals surface area contributed by atoms with Crippen LogP contribution >= 0.6 is 11.6 Å². The molecule has 2 fully saturated rings. The van der Waals surface area contributed by atoms with Gasteiger partial charge in [-0.2, -0.15) is 0 Å². The van der Waals surface area contributed by atoms with Gasteiger partial charge < -0.3 is 10.2 Å². The molecule has 1 N–H and O–H groups in total. The summed E-state index contributed by atoms with van der Waals surface area (Å²) in [5.41, 5.74) is 0. The highest BCUT2D eigenvalue weighted by molar-refractivity contribution is 6.30. The number of rotatable bonds is 3. The molecule has 0 aromatic carbocycles. The van der Waals surface area contributed by atoms with Crippen LogP contribution in [0.1, 0.15) is 44.9 Å².